The molecule has 1 aliphatic rings. The highest BCUT2D eigenvalue weighted by molar-refractivity contribution is 7.89. The van der Waals surface area contributed by atoms with Crippen molar-refractivity contribution < 1.29 is 13.2 Å². The van der Waals surface area contributed by atoms with E-state index >= 15 is 0 Å². The Hall–Kier alpha value is -3.76. The quantitative estimate of drug-likeness (QED) is 0.369. The van der Waals surface area contributed by atoms with Crippen LogP contribution in [-0.2, 0) is 16.4 Å². The fourth-order valence-corrected chi connectivity index (χ4v) is 6.00. The van der Waals surface area contributed by atoms with Gasteiger partial charge in [0.1, 0.15) is 23.2 Å². The van der Waals surface area contributed by atoms with Crippen LogP contribution in [0.2, 0.25) is 0 Å². The molecular weight excluding hydrogens is 488 g/mol. The van der Waals surface area contributed by atoms with Crippen molar-refractivity contribution in [2.75, 3.05) is 25.5 Å². The third-order valence-corrected chi connectivity index (χ3v) is 8.49. The lowest BCUT2D eigenvalue weighted by atomic mass is 10.1. The molecule has 0 atom stereocenters. The van der Waals surface area contributed by atoms with Crippen LogP contribution in [0.15, 0.2) is 65.7 Å². The topological polar surface area (TPSA) is 102 Å². The van der Waals surface area contributed by atoms with Gasteiger partial charge < -0.3 is 10.1 Å². The molecular formula is C27H30N6O3S. The first kappa shape index (κ1) is 24.9. The van der Waals surface area contributed by atoms with Crippen molar-refractivity contribution in [1.29, 1.82) is 0 Å². The number of benzene rings is 2. The van der Waals surface area contributed by atoms with Crippen LogP contribution in [0.25, 0.3) is 5.69 Å². The van der Waals surface area contributed by atoms with Crippen molar-refractivity contribution >= 4 is 21.7 Å². The van der Waals surface area contributed by atoms with Gasteiger partial charge in [-0.05, 0) is 74.7 Å². The minimum Gasteiger partial charge on any atom is -0.497 e. The zero-order valence-electron chi connectivity index (χ0n) is 21.2. The Kier molecular flexibility index (Phi) is 6.94. The predicted octanol–water partition coefficient (Wildman–Crippen LogP) is 4.41. The van der Waals surface area contributed by atoms with Crippen LogP contribution >= 0.6 is 0 Å². The summed E-state index contributed by atoms with van der Waals surface area (Å²) in [6.45, 7) is 5.14. The first-order valence-electron chi connectivity index (χ1n) is 12.2. The minimum absolute atomic E-state index is 0.315. The van der Waals surface area contributed by atoms with E-state index < -0.39 is 10.0 Å². The molecule has 37 heavy (non-hydrogen) atoms. The summed E-state index contributed by atoms with van der Waals surface area (Å²) in [6.07, 6.45) is 3.92. The number of aryl methyl sites for hydroxylation is 1. The summed E-state index contributed by atoms with van der Waals surface area (Å²) in [5, 5.41) is 8.10. The van der Waals surface area contributed by atoms with E-state index in [1.807, 2.05) is 48.9 Å². The van der Waals surface area contributed by atoms with Crippen molar-refractivity contribution in [3.63, 3.8) is 0 Å². The van der Waals surface area contributed by atoms with Gasteiger partial charge in [-0.3, -0.25) is 0 Å². The number of aromatic nitrogens is 4. The number of hydrogen-bond donors (Lipinski definition) is 1. The smallest absolute Gasteiger partial charge is 0.243 e. The molecule has 9 nitrogen and oxygen atoms in total. The maximum Gasteiger partial charge on any atom is 0.243 e. The lowest BCUT2D eigenvalue weighted by molar-refractivity contribution is 0.414. The lowest BCUT2D eigenvalue weighted by Gasteiger charge is -2.16. The van der Waals surface area contributed by atoms with E-state index in [4.69, 9.17) is 14.8 Å². The summed E-state index contributed by atoms with van der Waals surface area (Å²) in [5.74, 6) is 2.80. The number of rotatable bonds is 8. The third kappa shape index (κ3) is 5.21. The highest BCUT2D eigenvalue weighted by atomic mass is 32.2. The molecule has 192 valence electrons. The van der Waals surface area contributed by atoms with Gasteiger partial charge in [-0.1, -0.05) is 12.1 Å². The standard InChI is InChI=1S/C27H30N6O3S/c1-19-20(2)31-33(22-9-11-23(36-3)12-10-22)27(19)30-25-13-14-28-26(29-25)18-21-7-6-8-24(17-21)37(34,35)32-15-4-5-16-32/h6-14,17H,4-5,15-16,18H2,1-3H3,(H,28,29,30). The Morgan fingerprint density at radius 3 is 2.51 bits per heavy atom. The Morgan fingerprint density at radius 2 is 1.78 bits per heavy atom. The number of ether oxygens (including phenoxy) is 1. The summed E-state index contributed by atoms with van der Waals surface area (Å²) in [4.78, 5) is 9.44. The normalized spacial score (nSPS) is 14.1. The van der Waals surface area contributed by atoms with E-state index in [2.05, 4.69) is 10.3 Å². The second-order valence-corrected chi connectivity index (χ2v) is 11.0. The number of sulfonamides is 1. The summed E-state index contributed by atoms with van der Waals surface area (Å²) in [7, 11) is -1.84. The molecule has 0 radical (unpaired) electrons. The number of hydrogen-bond acceptors (Lipinski definition) is 7. The molecule has 3 heterocycles. The molecule has 2 aromatic carbocycles. The average Bonchev–Trinajstić information content (AvgIpc) is 3.55. The summed E-state index contributed by atoms with van der Waals surface area (Å²) in [5.41, 5.74) is 3.65. The van der Waals surface area contributed by atoms with Crippen molar-refractivity contribution in [3.05, 3.63) is 83.4 Å². The molecule has 0 spiro atoms. The summed E-state index contributed by atoms with van der Waals surface area (Å²) in [6, 6.07) is 16.6. The van der Waals surface area contributed by atoms with E-state index in [1.54, 1.807) is 41.9 Å². The molecule has 0 unspecified atom stereocenters. The second kappa shape index (κ2) is 10.3. The van der Waals surface area contributed by atoms with E-state index in [1.165, 1.54) is 0 Å². The second-order valence-electron chi connectivity index (χ2n) is 9.09. The Balaban J connectivity index is 1.38. The fourth-order valence-electron chi connectivity index (χ4n) is 4.41. The molecule has 10 heteroatoms. The van der Waals surface area contributed by atoms with Gasteiger partial charge in [-0.15, -0.1) is 0 Å². The van der Waals surface area contributed by atoms with Crippen molar-refractivity contribution in [3.8, 4) is 11.4 Å². The first-order valence-corrected chi connectivity index (χ1v) is 13.7. The highest BCUT2D eigenvalue weighted by Crippen LogP contribution is 2.27. The SMILES string of the molecule is COc1ccc(-n2nc(C)c(C)c2Nc2ccnc(Cc3cccc(S(=O)(=O)N4CCCC4)c3)n2)cc1. The van der Waals surface area contributed by atoms with Gasteiger partial charge >= 0.3 is 0 Å². The van der Waals surface area contributed by atoms with Crippen molar-refractivity contribution in [2.45, 2.75) is 38.0 Å². The molecule has 1 fully saturated rings. The molecule has 4 aromatic rings. The number of anilines is 2. The van der Waals surface area contributed by atoms with Gasteiger partial charge in [0.2, 0.25) is 10.0 Å². The first-order chi connectivity index (χ1) is 17.8. The van der Waals surface area contributed by atoms with Crippen LogP contribution in [0.3, 0.4) is 0 Å². The van der Waals surface area contributed by atoms with Gasteiger partial charge in [-0.25, -0.2) is 23.1 Å². The Morgan fingerprint density at radius 1 is 1.03 bits per heavy atom. The number of nitrogens with one attached hydrogen (secondary N) is 1. The van der Waals surface area contributed by atoms with E-state index in [0.29, 0.717) is 36.0 Å². The molecule has 0 aliphatic carbocycles. The Labute approximate surface area is 217 Å². The highest BCUT2D eigenvalue weighted by Gasteiger charge is 2.27. The van der Waals surface area contributed by atoms with Crippen LogP contribution in [0.5, 0.6) is 5.75 Å². The largest absolute Gasteiger partial charge is 0.497 e. The zero-order chi connectivity index (χ0) is 26.0. The maximum absolute atomic E-state index is 13.0. The molecule has 5 rings (SSSR count). The minimum atomic E-state index is -3.48. The molecule has 1 saturated heterocycles. The molecule has 2 aromatic heterocycles. The Bertz CT molecular complexity index is 1510. The number of nitrogens with zero attached hydrogens (tertiary/aromatic N) is 5. The number of methoxy groups -OCH3 is 1. The van der Waals surface area contributed by atoms with Gasteiger partial charge in [0, 0.05) is 31.3 Å². The average molecular weight is 519 g/mol. The summed E-state index contributed by atoms with van der Waals surface area (Å²) < 4.78 is 34.6. The molecule has 1 N–H and O–H groups in total. The lowest BCUT2D eigenvalue weighted by Crippen LogP contribution is -2.27. The van der Waals surface area contributed by atoms with Gasteiger partial charge in [0.15, 0.2) is 0 Å². The van der Waals surface area contributed by atoms with Crippen LogP contribution in [0.4, 0.5) is 11.6 Å². The monoisotopic (exact) mass is 518 g/mol. The van der Waals surface area contributed by atoms with Crippen LogP contribution in [0, 0.1) is 13.8 Å². The molecule has 1 aliphatic heterocycles. The molecule has 0 saturated carbocycles. The van der Waals surface area contributed by atoms with Gasteiger partial charge in [0.25, 0.3) is 0 Å². The fraction of sp³-hybridized carbons (Fsp3) is 0.296. The van der Waals surface area contributed by atoms with Gasteiger partial charge in [-0.2, -0.15) is 9.40 Å². The zero-order valence-corrected chi connectivity index (χ0v) is 22.0. The van der Waals surface area contributed by atoms with E-state index in [9.17, 15) is 8.42 Å². The predicted molar refractivity (Wildman–Crippen MR) is 142 cm³/mol. The van der Waals surface area contributed by atoms with Crippen LogP contribution in [0.1, 0.15) is 35.5 Å². The summed E-state index contributed by atoms with van der Waals surface area (Å²) >= 11 is 0. The van der Waals surface area contributed by atoms with Crippen LogP contribution < -0.4 is 10.1 Å². The van der Waals surface area contributed by atoms with E-state index in [0.717, 1.165) is 46.9 Å². The van der Waals surface area contributed by atoms with E-state index in [-0.39, 0.29) is 0 Å². The molecule has 0 amide bonds. The maximum atomic E-state index is 13.0. The third-order valence-electron chi connectivity index (χ3n) is 6.59. The van der Waals surface area contributed by atoms with Crippen LogP contribution in [-0.4, -0.2) is 52.7 Å². The van der Waals surface area contributed by atoms with Crippen molar-refractivity contribution in [2.24, 2.45) is 0 Å². The van der Waals surface area contributed by atoms with Crippen molar-refractivity contribution in [1.82, 2.24) is 24.1 Å². The van der Waals surface area contributed by atoms with Gasteiger partial charge in [0.05, 0.1) is 23.4 Å². The molecule has 0 bridgehead atoms.